The zero-order valence-electron chi connectivity index (χ0n) is 21.6. The van der Waals surface area contributed by atoms with E-state index in [1.807, 2.05) is 20.2 Å². The normalized spacial score (nSPS) is 19.2. The number of alkyl halides is 3. The molecule has 216 valence electrons. The average molecular weight is 583 g/mol. The average Bonchev–Trinajstić information content (AvgIpc) is 2.89. The van der Waals surface area contributed by atoms with Crippen molar-refractivity contribution in [3.05, 3.63) is 66.7 Å². The van der Waals surface area contributed by atoms with Gasteiger partial charge in [0.05, 0.1) is 0 Å². The first-order chi connectivity index (χ1) is 18.9. The molecule has 1 aromatic carbocycles. The Bertz CT molecular complexity index is 1350. The van der Waals surface area contributed by atoms with Crippen LogP contribution in [0.4, 0.5) is 24.8 Å². The van der Waals surface area contributed by atoms with Crippen molar-refractivity contribution in [3.63, 3.8) is 0 Å². The van der Waals surface area contributed by atoms with E-state index in [-0.39, 0.29) is 40.9 Å². The molecule has 3 atom stereocenters. The second-order valence-corrected chi connectivity index (χ2v) is 10.8. The molecule has 1 aliphatic carbocycles. The summed E-state index contributed by atoms with van der Waals surface area (Å²) in [5.41, 5.74) is 0.802. The van der Waals surface area contributed by atoms with Crippen molar-refractivity contribution in [1.29, 1.82) is 0 Å². The molecule has 0 amide bonds. The van der Waals surface area contributed by atoms with E-state index in [0.717, 1.165) is 24.8 Å². The molecule has 0 aliphatic heterocycles. The van der Waals surface area contributed by atoms with Crippen molar-refractivity contribution in [1.82, 2.24) is 19.9 Å². The lowest BCUT2D eigenvalue weighted by atomic mass is 9.78. The number of likely N-dealkylation sites (N-methyl/N-ethyl adjacent to an activating group) is 1. The zero-order valence-corrected chi connectivity index (χ0v) is 22.4. The lowest BCUT2D eigenvalue weighted by Crippen LogP contribution is -2.47. The maximum Gasteiger partial charge on any atom is 0.573 e. The Morgan fingerprint density at radius 2 is 1.85 bits per heavy atom. The number of rotatable bonds is 8. The van der Waals surface area contributed by atoms with Gasteiger partial charge in [-0.25, -0.2) is 23.4 Å². The highest BCUT2D eigenvalue weighted by Gasteiger charge is 2.34. The molecular formula is C25H29F3N6O5S. The summed E-state index contributed by atoms with van der Waals surface area (Å²) in [6, 6.07) is 10.7. The van der Waals surface area contributed by atoms with E-state index in [4.69, 9.17) is 9.90 Å². The van der Waals surface area contributed by atoms with Crippen LogP contribution in [-0.4, -0.2) is 72.4 Å². The Kier molecular flexibility index (Phi) is 10.2. The fraction of sp³-hybridized carbons (Fsp3) is 0.360. The highest BCUT2D eigenvalue weighted by Crippen LogP contribution is 2.37. The number of ether oxygens (including phenoxy) is 1. The molecule has 2 aromatic heterocycles. The lowest BCUT2D eigenvalue weighted by molar-refractivity contribution is -0.274. The second kappa shape index (κ2) is 13.4. The maximum absolute atomic E-state index is 12.6. The van der Waals surface area contributed by atoms with Crippen LogP contribution < -0.4 is 14.8 Å². The van der Waals surface area contributed by atoms with Gasteiger partial charge < -0.3 is 20.1 Å². The van der Waals surface area contributed by atoms with Gasteiger partial charge in [0.1, 0.15) is 28.6 Å². The van der Waals surface area contributed by atoms with Crippen LogP contribution in [0.15, 0.2) is 66.1 Å². The van der Waals surface area contributed by atoms with E-state index in [1.54, 1.807) is 12.1 Å². The summed E-state index contributed by atoms with van der Waals surface area (Å²) in [4.78, 5) is 22.3. The number of benzene rings is 1. The predicted molar refractivity (Wildman–Crippen MR) is 140 cm³/mol. The standard InChI is InChI=1S/C24H27F3N6O3S.CH2O2/c1-33(2)21-13-17(16-4-3-5-18(12-16)36-24(25,26)27)6-8-20(21)31-22-9-7-19(14-29-22)37(34,35)32-23-10-11-28-15-30-23;2-1-3/h3-5,7,9-12,14-15,17,20-21H,6,8,13H2,1-2H3,(H,29,31)(H,28,30,32);1H,(H,2,3)/t17-,20-,21-;/m0./s1. The van der Waals surface area contributed by atoms with Gasteiger partial charge in [-0.3, -0.25) is 9.52 Å². The summed E-state index contributed by atoms with van der Waals surface area (Å²) in [5.74, 6) is 0.519. The zero-order chi connectivity index (χ0) is 29.3. The molecule has 1 aliphatic rings. The topological polar surface area (TPSA) is 147 Å². The van der Waals surface area contributed by atoms with Crippen molar-refractivity contribution in [2.24, 2.45) is 0 Å². The van der Waals surface area contributed by atoms with Crippen molar-refractivity contribution in [2.45, 2.75) is 48.5 Å². The fourth-order valence-corrected chi connectivity index (χ4v) is 5.47. The highest BCUT2D eigenvalue weighted by atomic mass is 32.2. The Labute approximate surface area is 229 Å². The minimum atomic E-state index is -4.74. The number of anilines is 2. The molecule has 15 heteroatoms. The van der Waals surface area contributed by atoms with Crippen LogP contribution in [-0.2, 0) is 14.8 Å². The maximum atomic E-state index is 12.6. The van der Waals surface area contributed by atoms with Crippen LogP contribution in [0, 0.1) is 0 Å². The van der Waals surface area contributed by atoms with E-state index in [2.05, 4.69) is 34.6 Å². The third kappa shape index (κ3) is 8.77. The highest BCUT2D eigenvalue weighted by molar-refractivity contribution is 7.92. The SMILES string of the molecule is CN(C)[C@H]1C[C@@H](c2cccc(OC(F)(F)F)c2)CC[C@@H]1Nc1ccc(S(=O)(=O)Nc2ccncn2)cn1.O=CO. The van der Waals surface area contributed by atoms with Crippen molar-refractivity contribution in [3.8, 4) is 5.75 Å². The number of carbonyl (C=O) groups is 1. The molecule has 4 rings (SSSR count). The molecule has 3 aromatic rings. The molecule has 40 heavy (non-hydrogen) atoms. The van der Waals surface area contributed by atoms with Crippen LogP contribution in [0.3, 0.4) is 0 Å². The number of nitrogens with zero attached hydrogens (tertiary/aromatic N) is 4. The first-order valence-electron chi connectivity index (χ1n) is 12.0. The summed E-state index contributed by atoms with van der Waals surface area (Å²) in [5, 5.41) is 10.3. The molecule has 0 radical (unpaired) electrons. The Hall–Kier alpha value is -3.98. The van der Waals surface area contributed by atoms with Gasteiger partial charge in [0.2, 0.25) is 0 Å². The number of aromatic nitrogens is 3. The number of pyridine rings is 1. The summed E-state index contributed by atoms with van der Waals surface area (Å²) in [6.07, 6.45) is 1.43. The molecular weight excluding hydrogens is 553 g/mol. The molecule has 0 bridgehead atoms. The van der Waals surface area contributed by atoms with E-state index in [0.29, 0.717) is 5.82 Å². The quantitative estimate of drug-likeness (QED) is 0.334. The van der Waals surface area contributed by atoms with E-state index < -0.39 is 16.4 Å². The first-order valence-corrected chi connectivity index (χ1v) is 13.5. The smallest absolute Gasteiger partial charge is 0.483 e. The van der Waals surface area contributed by atoms with Crippen molar-refractivity contribution >= 4 is 28.1 Å². The summed E-state index contributed by atoms with van der Waals surface area (Å²) in [6.45, 7) is -0.250. The Morgan fingerprint density at radius 1 is 1.10 bits per heavy atom. The summed E-state index contributed by atoms with van der Waals surface area (Å²) < 4.78 is 69.6. The molecule has 0 saturated heterocycles. The predicted octanol–water partition coefficient (Wildman–Crippen LogP) is 3.95. The second-order valence-electron chi connectivity index (χ2n) is 9.10. The van der Waals surface area contributed by atoms with Gasteiger partial charge in [-0.05, 0) is 75.2 Å². The van der Waals surface area contributed by atoms with Crippen molar-refractivity contribution < 1.29 is 36.2 Å². The Balaban J connectivity index is 0.00000141. The number of carboxylic acid groups (broad SMARTS) is 1. The minimum absolute atomic E-state index is 0.00881. The van der Waals surface area contributed by atoms with Gasteiger partial charge in [0.15, 0.2) is 0 Å². The third-order valence-corrected chi connectivity index (χ3v) is 7.58. The minimum Gasteiger partial charge on any atom is -0.483 e. The fourth-order valence-electron chi connectivity index (χ4n) is 4.52. The van der Waals surface area contributed by atoms with Crippen LogP contribution in [0.2, 0.25) is 0 Å². The van der Waals surface area contributed by atoms with Crippen LogP contribution in [0.1, 0.15) is 30.7 Å². The van der Waals surface area contributed by atoms with Crippen LogP contribution in [0.5, 0.6) is 5.75 Å². The molecule has 0 unspecified atom stereocenters. The van der Waals surface area contributed by atoms with Gasteiger partial charge >= 0.3 is 6.36 Å². The van der Waals surface area contributed by atoms with Crippen LogP contribution >= 0.6 is 0 Å². The molecule has 1 saturated carbocycles. The lowest BCUT2D eigenvalue weighted by Gasteiger charge is -2.40. The molecule has 11 nitrogen and oxygen atoms in total. The number of nitrogens with one attached hydrogen (secondary N) is 2. The van der Waals surface area contributed by atoms with E-state index in [1.165, 1.54) is 43.0 Å². The summed E-state index contributed by atoms with van der Waals surface area (Å²) >= 11 is 0. The third-order valence-electron chi connectivity index (χ3n) is 6.24. The molecule has 0 spiro atoms. The van der Waals surface area contributed by atoms with Crippen LogP contribution in [0.25, 0.3) is 0 Å². The number of hydrogen-bond acceptors (Lipinski definition) is 9. The Morgan fingerprint density at radius 3 is 2.45 bits per heavy atom. The number of sulfonamides is 1. The van der Waals surface area contributed by atoms with Crippen molar-refractivity contribution in [2.75, 3.05) is 24.1 Å². The largest absolute Gasteiger partial charge is 0.573 e. The molecule has 3 N–H and O–H groups in total. The number of hydrogen-bond donors (Lipinski definition) is 3. The van der Waals surface area contributed by atoms with E-state index in [9.17, 15) is 21.6 Å². The summed E-state index contributed by atoms with van der Waals surface area (Å²) in [7, 11) is 0.0426. The van der Waals surface area contributed by atoms with Gasteiger partial charge in [0, 0.05) is 24.5 Å². The monoisotopic (exact) mass is 582 g/mol. The van der Waals surface area contributed by atoms with Gasteiger partial charge in [-0.2, -0.15) is 0 Å². The molecule has 2 heterocycles. The van der Waals surface area contributed by atoms with Gasteiger partial charge in [-0.15, -0.1) is 13.2 Å². The molecule has 1 fully saturated rings. The van der Waals surface area contributed by atoms with Gasteiger partial charge in [0.25, 0.3) is 16.5 Å². The first kappa shape index (κ1) is 30.6. The van der Waals surface area contributed by atoms with Gasteiger partial charge in [-0.1, -0.05) is 12.1 Å². The number of halogens is 3. The van der Waals surface area contributed by atoms with E-state index >= 15 is 0 Å².